The van der Waals surface area contributed by atoms with Crippen LogP contribution in [0.1, 0.15) is 55.2 Å². The molecule has 0 bridgehead atoms. The van der Waals surface area contributed by atoms with Gasteiger partial charge in [0.1, 0.15) is 22.9 Å². The molecule has 0 aliphatic heterocycles. The van der Waals surface area contributed by atoms with Gasteiger partial charge in [-0.05, 0) is 82.0 Å². The summed E-state index contributed by atoms with van der Waals surface area (Å²) in [6.07, 6.45) is 3.97. The molecule has 1 saturated carbocycles. The molecule has 11 heteroatoms. The van der Waals surface area contributed by atoms with E-state index in [1.807, 2.05) is 5.32 Å². The number of halogens is 4. The molecule has 3 aromatic rings. The molecule has 1 aliphatic rings. The van der Waals surface area contributed by atoms with E-state index in [1.54, 1.807) is 13.0 Å². The van der Waals surface area contributed by atoms with Crippen LogP contribution >= 0.6 is 0 Å². The van der Waals surface area contributed by atoms with Gasteiger partial charge in [0.25, 0.3) is 5.91 Å². The summed E-state index contributed by atoms with van der Waals surface area (Å²) in [4.78, 5) is 17.7. The molecule has 1 aliphatic carbocycles. The first kappa shape index (κ1) is 31.0. The second kappa shape index (κ2) is 12.1. The summed E-state index contributed by atoms with van der Waals surface area (Å²) in [7, 11) is 1.39. The number of rotatable bonds is 10. The number of methoxy groups -OCH3 is 1. The van der Waals surface area contributed by atoms with Crippen molar-refractivity contribution in [3.05, 3.63) is 81.4 Å². The van der Waals surface area contributed by atoms with Crippen molar-refractivity contribution in [1.82, 2.24) is 15.6 Å². The van der Waals surface area contributed by atoms with Gasteiger partial charge in [-0.3, -0.25) is 4.79 Å². The number of alkyl halides is 2. The van der Waals surface area contributed by atoms with Gasteiger partial charge in [0.2, 0.25) is 0 Å². The molecular weight excluding hydrogens is 554 g/mol. The number of nitrogens with one attached hydrogen (secondary N) is 2. The molecule has 0 saturated heterocycles. The Labute approximate surface area is 240 Å². The SMILES string of the molecule is C/C=c1\c(OC)cc(C(=O)NC[C@](O)(c2cc(C(C)(C)O)c(F)c(-c3ccc(F)cc3)n2)C2CC2)c\c1=C\NC(F)F. The molecule has 4 rings (SSSR count). The summed E-state index contributed by atoms with van der Waals surface area (Å²) in [5.74, 6) is -2.00. The number of pyridine rings is 1. The summed E-state index contributed by atoms with van der Waals surface area (Å²) < 4.78 is 60.2. The van der Waals surface area contributed by atoms with E-state index in [0.29, 0.717) is 23.3 Å². The molecule has 42 heavy (non-hydrogen) atoms. The lowest BCUT2D eigenvalue weighted by atomic mass is 9.87. The van der Waals surface area contributed by atoms with Gasteiger partial charge in [0, 0.05) is 33.3 Å². The number of carbonyl (C=O) groups is 1. The van der Waals surface area contributed by atoms with Gasteiger partial charge in [-0.1, -0.05) is 6.08 Å². The molecule has 0 radical (unpaired) electrons. The number of nitrogens with zero attached hydrogens (tertiary/aromatic N) is 1. The maximum absolute atomic E-state index is 15.6. The average molecular weight is 588 g/mol. The van der Waals surface area contributed by atoms with Crippen molar-refractivity contribution in [3.8, 4) is 17.0 Å². The quantitative estimate of drug-likeness (QED) is 0.213. The van der Waals surface area contributed by atoms with Crippen molar-refractivity contribution in [1.29, 1.82) is 0 Å². The van der Waals surface area contributed by atoms with Gasteiger partial charge < -0.3 is 25.6 Å². The number of hydrogen-bond acceptors (Lipinski definition) is 6. The predicted molar refractivity (Wildman–Crippen MR) is 150 cm³/mol. The van der Waals surface area contributed by atoms with Crippen molar-refractivity contribution >= 4 is 18.2 Å². The van der Waals surface area contributed by atoms with Gasteiger partial charge in [0.05, 0.1) is 24.9 Å². The van der Waals surface area contributed by atoms with Crippen LogP contribution in [0.25, 0.3) is 23.5 Å². The van der Waals surface area contributed by atoms with Crippen molar-refractivity contribution in [2.45, 2.75) is 51.4 Å². The minimum absolute atomic E-state index is 0.0341. The van der Waals surface area contributed by atoms with Gasteiger partial charge in [-0.2, -0.15) is 8.78 Å². The van der Waals surface area contributed by atoms with Crippen molar-refractivity contribution in [2.24, 2.45) is 5.92 Å². The van der Waals surface area contributed by atoms with Crippen LogP contribution in [-0.2, 0) is 11.2 Å². The van der Waals surface area contributed by atoms with Gasteiger partial charge >= 0.3 is 6.55 Å². The fraction of sp³-hybridized carbons (Fsp3) is 0.355. The Morgan fingerprint density at radius 1 is 1.14 bits per heavy atom. The third-order valence-corrected chi connectivity index (χ3v) is 7.26. The Morgan fingerprint density at radius 2 is 1.81 bits per heavy atom. The van der Waals surface area contributed by atoms with E-state index in [4.69, 9.17) is 4.74 Å². The fourth-order valence-corrected chi connectivity index (χ4v) is 4.85. The molecule has 1 aromatic heterocycles. The fourth-order valence-electron chi connectivity index (χ4n) is 4.85. The molecule has 0 unspecified atom stereocenters. The van der Waals surface area contributed by atoms with Crippen LogP contribution in [0.2, 0.25) is 0 Å². The molecular formula is C31H33F4N3O4. The number of benzene rings is 2. The molecule has 2 aromatic carbocycles. The van der Waals surface area contributed by atoms with E-state index in [-0.39, 0.29) is 46.3 Å². The Hall–Kier alpha value is -3.96. The third kappa shape index (κ3) is 6.57. The summed E-state index contributed by atoms with van der Waals surface area (Å²) in [6, 6.07) is 9.14. The second-order valence-electron chi connectivity index (χ2n) is 10.7. The lowest BCUT2D eigenvalue weighted by molar-refractivity contribution is 0.00863. The third-order valence-electron chi connectivity index (χ3n) is 7.26. The van der Waals surface area contributed by atoms with Crippen LogP contribution in [0, 0.1) is 17.6 Å². The Morgan fingerprint density at radius 3 is 2.36 bits per heavy atom. The lowest BCUT2D eigenvalue weighted by Gasteiger charge is -2.30. The van der Waals surface area contributed by atoms with Crippen LogP contribution in [0.4, 0.5) is 17.6 Å². The Balaban J connectivity index is 1.74. The maximum atomic E-state index is 15.6. The predicted octanol–water partition coefficient (Wildman–Crippen LogP) is 3.64. The zero-order valence-corrected chi connectivity index (χ0v) is 23.6. The number of ether oxygens (including phenoxy) is 1. The van der Waals surface area contributed by atoms with E-state index < -0.39 is 35.3 Å². The Bertz CT molecular complexity index is 1590. The first-order valence-electron chi connectivity index (χ1n) is 13.4. The first-order valence-corrected chi connectivity index (χ1v) is 13.4. The maximum Gasteiger partial charge on any atom is 0.312 e. The molecule has 7 nitrogen and oxygen atoms in total. The summed E-state index contributed by atoms with van der Waals surface area (Å²) in [5, 5.41) is 28.1. The van der Waals surface area contributed by atoms with Crippen molar-refractivity contribution in [2.75, 3.05) is 13.7 Å². The summed E-state index contributed by atoms with van der Waals surface area (Å²) in [6.45, 7) is 1.35. The van der Waals surface area contributed by atoms with Gasteiger partial charge in [-0.15, -0.1) is 0 Å². The van der Waals surface area contributed by atoms with E-state index in [9.17, 15) is 28.2 Å². The second-order valence-corrected chi connectivity index (χ2v) is 10.7. The van der Waals surface area contributed by atoms with Gasteiger partial charge in [-0.25, -0.2) is 13.8 Å². The van der Waals surface area contributed by atoms with E-state index >= 15 is 4.39 Å². The molecule has 0 spiro atoms. The Kier molecular flexibility index (Phi) is 8.93. The normalized spacial score (nSPS) is 16.0. The standard InChI is InChI=1S/C31H33F4N3O4/c1-5-22-19(15-36-29(34)35)12-18(13-24(22)42-4)28(39)37-16-31(41,20-8-9-20)25-14-23(30(2,3)40)26(33)27(38-25)17-6-10-21(32)11-7-17/h5-7,10-15,20,29,36,40-41H,8-9,16H2,1-4H3,(H,37,39)/b19-15-,22-5-/t31-/m1/s1. The first-order chi connectivity index (χ1) is 19.8. The zero-order valence-electron chi connectivity index (χ0n) is 23.6. The van der Waals surface area contributed by atoms with Crippen LogP contribution < -0.4 is 25.8 Å². The largest absolute Gasteiger partial charge is 0.496 e. The van der Waals surface area contributed by atoms with Crippen LogP contribution in [0.15, 0.2) is 42.5 Å². The molecule has 1 fully saturated rings. The van der Waals surface area contributed by atoms with E-state index in [0.717, 1.165) is 18.3 Å². The number of aromatic nitrogens is 1. The number of carbonyl (C=O) groups excluding carboxylic acids is 1. The summed E-state index contributed by atoms with van der Waals surface area (Å²) in [5.41, 5.74) is -3.34. The number of hydrogen-bond donors (Lipinski definition) is 4. The highest BCUT2D eigenvalue weighted by atomic mass is 19.3. The number of amides is 1. The molecule has 224 valence electrons. The molecule has 1 amide bonds. The van der Waals surface area contributed by atoms with Crippen LogP contribution in [0.5, 0.6) is 5.75 Å². The highest BCUT2D eigenvalue weighted by Gasteiger charge is 2.47. The summed E-state index contributed by atoms with van der Waals surface area (Å²) >= 11 is 0. The molecule has 1 atom stereocenters. The van der Waals surface area contributed by atoms with Crippen LogP contribution in [0.3, 0.4) is 0 Å². The topological polar surface area (TPSA) is 104 Å². The highest BCUT2D eigenvalue weighted by molar-refractivity contribution is 5.94. The van der Waals surface area contributed by atoms with Crippen molar-refractivity contribution in [3.63, 3.8) is 0 Å². The van der Waals surface area contributed by atoms with Gasteiger partial charge in [0.15, 0.2) is 5.82 Å². The minimum Gasteiger partial charge on any atom is -0.496 e. The highest BCUT2D eigenvalue weighted by Crippen LogP contribution is 2.46. The smallest absolute Gasteiger partial charge is 0.312 e. The van der Waals surface area contributed by atoms with Crippen molar-refractivity contribution < 1.29 is 37.3 Å². The lowest BCUT2D eigenvalue weighted by Crippen LogP contribution is -2.44. The zero-order chi connectivity index (χ0) is 30.8. The van der Waals surface area contributed by atoms with Crippen LogP contribution in [-0.4, -0.2) is 41.3 Å². The monoisotopic (exact) mass is 587 g/mol. The number of aliphatic hydroxyl groups is 2. The minimum atomic E-state index is -2.82. The van der Waals surface area contributed by atoms with E-state index in [2.05, 4.69) is 10.3 Å². The van der Waals surface area contributed by atoms with E-state index in [1.165, 1.54) is 51.3 Å². The average Bonchev–Trinajstić information content (AvgIpc) is 3.80. The molecule has 1 heterocycles. The molecule has 4 N–H and O–H groups in total.